The number of hydrogen-bond acceptors (Lipinski definition) is 5. The van der Waals surface area contributed by atoms with E-state index in [4.69, 9.17) is 11.6 Å². The molecule has 0 saturated heterocycles. The van der Waals surface area contributed by atoms with Crippen LogP contribution in [0.5, 0.6) is 0 Å². The molecular weight excluding hydrogens is 336 g/mol. The predicted molar refractivity (Wildman–Crippen MR) is 91.8 cm³/mol. The number of rotatable bonds is 6. The normalized spacial score (nSPS) is 11.1. The summed E-state index contributed by atoms with van der Waals surface area (Å²) < 4.78 is 0. The fraction of sp³-hybridized carbons (Fsp3) is 0.200. The molecule has 0 spiro atoms. The lowest BCUT2D eigenvalue weighted by Crippen LogP contribution is -2.22. The third-order valence-electron chi connectivity index (χ3n) is 2.70. The van der Waals surface area contributed by atoms with E-state index in [1.165, 1.54) is 17.5 Å². The molecule has 6 nitrogen and oxygen atoms in total. The van der Waals surface area contributed by atoms with Crippen molar-refractivity contribution in [3.8, 4) is 0 Å². The summed E-state index contributed by atoms with van der Waals surface area (Å²) in [6, 6.07) is 7.01. The highest BCUT2D eigenvalue weighted by Crippen LogP contribution is 2.10. The molecule has 0 aliphatic rings. The van der Waals surface area contributed by atoms with Gasteiger partial charge in [0.25, 0.3) is 0 Å². The number of aromatic nitrogens is 1. The van der Waals surface area contributed by atoms with Crippen molar-refractivity contribution < 1.29 is 9.59 Å². The Morgan fingerprint density at radius 3 is 2.78 bits per heavy atom. The van der Waals surface area contributed by atoms with Crippen LogP contribution in [0.4, 0.5) is 5.82 Å². The first-order chi connectivity index (χ1) is 11.0. The van der Waals surface area contributed by atoms with Gasteiger partial charge in [-0.3, -0.25) is 9.59 Å². The number of hydrazone groups is 1. The van der Waals surface area contributed by atoms with Crippen LogP contribution in [0.15, 0.2) is 40.9 Å². The molecule has 0 unspecified atom stereocenters. The number of nitrogens with zero attached hydrogens (tertiary/aromatic N) is 2. The summed E-state index contributed by atoms with van der Waals surface area (Å²) >= 11 is 7.23. The average molecular weight is 351 g/mol. The molecule has 2 N–H and O–H groups in total. The third kappa shape index (κ3) is 6.17. The van der Waals surface area contributed by atoms with Gasteiger partial charge in [-0.05, 0) is 30.5 Å². The first-order valence-electron chi connectivity index (χ1n) is 6.78. The van der Waals surface area contributed by atoms with E-state index >= 15 is 0 Å². The summed E-state index contributed by atoms with van der Waals surface area (Å²) in [6.07, 6.45) is 1.78. The van der Waals surface area contributed by atoms with E-state index in [0.29, 0.717) is 16.6 Å². The van der Waals surface area contributed by atoms with Gasteiger partial charge in [0.1, 0.15) is 5.82 Å². The van der Waals surface area contributed by atoms with Crippen molar-refractivity contribution in [3.63, 3.8) is 0 Å². The number of thiophene rings is 1. The number of hydrogen-bond donors (Lipinski definition) is 2. The number of anilines is 1. The van der Waals surface area contributed by atoms with Crippen molar-refractivity contribution >= 4 is 46.3 Å². The van der Waals surface area contributed by atoms with Crippen LogP contribution in [0.3, 0.4) is 0 Å². The van der Waals surface area contributed by atoms with Crippen LogP contribution in [0.2, 0.25) is 5.02 Å². The van der Waals surface area contributed by atoms with Gasteiger partial charge in [-0.15, -0.1) is 11.3 Å². The lowest BCUT2D eigenvalue weighted by molar-refractivity contribution is -0.120. The molecule has 0 bridgehead atoms. The molecule has 2 rings (SSSR count). The van der Waals surface area contributed by atoms with E-state index in [9.17, 15) is 9.59 Å². The van der Waals surface area contributed by atoms with E-state index in [0.717, 1.165) is 4.88 Å². The lowest BCUT2D eigenvalue weighted by atomic mass is 10.3. The smallest absolute Gasteiger partial charge is 0.245 e. The highest BCUT2D eigenvalue weighted by atomic mass is 35.5. The number of pyridine rings is 1. The van der Waals surface area contributed by atoms with E-state index in [-0.39, 0.29) is 24.7 Å². The molecule has 120 valence electrons. The van der Waals surface area contributed by atoms with Crippen LogP contribution < -0.4 is 10.7 Å². The minimum Gasteiger partial charge on any atom is -0.310 e. The SMILES string of the molecule is C/C(CC(=O)Nc1ccc(Cl)cn1)=N/NC(=O)Cc1cccs1. The molecule has 23 heavy (non-hydrogen) atoms. The van der Waals surface area contributed by atoms with Crippen molar-refractivity contribution in [2.45, 2.75) is 19.8 Å². The van der Waals surface area contributed by atoms with Crippen molar-refractivity contribution in [2.75, 3.05) is 5.32 Å². The summed E-state index contributed by atoms with van der Waals surface area (Å²) in [6.45, 7) is 1.67. The number of amides is 2. The number of halogens is 1. The molecule has 0 atom stereocenters. The quantitative estimate of drug-likeness (QED) is 0.620. The predicted octanol–water partition coefficient (Wildman–Crippen LogP) is 2.86. The molecule has 2 aromatic heterocycles. The van der Waals surface area contributed by atoms with Crippen LogP contribution in [0.1, 0.15) is 18.2 Å². The fourth-order valence-corrected chi connectivity index (χ4v) is 2.49. The number of carbonyl (C=O) groups is 2. The van der Waals surface area contributed by atoms with Gasteiger partial charge in [0, 0.05) is 16.8 Å². The summed E-state index contributed by atoms with van der Waals surface area (Å²) in [5, 5.41) is 8.95. The molecule has 2 heterocycles. The Labute approximate surface area is 142 Å². The van der Waals surface area contributed by atoms with E-state index in [1.54, 1.807) is 19.1 Å². The summed E-state index contributed by atoms with van der Waals surface area (Å²) in [7, 11) is 0. The Hall–Kier alpha value is -2.25. The summed E-state index contributed by atoms with van der Waals surface area (Å²) in [5.74, 6) is -0.0749. The molecule has 0 saturated carbocycles. The van der Waals surface area contributed by atoms with Gasteiger partial charge in [0.2, 0.25) is 11.8 Å². The monoisotopic (exact) mass is 350 g/mol. The molecule has 2 aromatic rings. The highest BCUT2D eigenvalue weighted by molar-refractivity contribution is 7.10. The molecule has 2 amide bonds. The Kier molecular flexibility index (Phi) is 6.25. The van der Waals surface area contributed by atoms with Crippen molar-refractivity contribution in [2.24, 2.45) is 5.10 Å². The fourth-order valence-electron chi connectivity index (χ4n) is 1.68. The topological polar surface area (TPSA) is 83.4 Å². The van der Waals surface area contributed by atoms with Gasteiger partial charge in [-0.2, -0.15) is 5.10 Å². The van der Waals surface area contributed by atoms with Gasteiger partial charge in [-0.1, -0.05) is 17.7 Å². The molecule has 0 radical (unpaired) electrons. The van der Waals surface area contributed by atoms with Gasteiger partial charge in [-0.25, -0.2) is 10.4 Å². The molecule has 0 aliphatic carbocycles. The maximum Gasteiger partial charge on any atom is 0.245 e. The molecule has 0 fully saturated rings. The maximum atomic E-state index is 11.8. The van der Waals surface area contributed by atoms with Crippen LogP contribution in [0, 0.1) is 0 Å². The molecule has 0 aliphatic heterocycles. The maximum absolute atomic E-state index is 11.8. The minimum absolute atomic E-state index is 0.0591. The Morgan fingerprint density at radius 2 is 2.13 bits per heavy atom. The number of nitrogens with one attached hydrogen (secondary N) is 2. The second-order valence-electron chi connectivity index (χ2n) is 4.72. The standard InChI is InChI=1S/C15H15ClN4O2S/c1-10(19-20-15(22)8-12-3-2-6-23-12)7-14(21)18-13-5-4-11(16)9-17-13/h2-6,9H,7-8H2,1H3,(H,20,22)(H,17,18,21)/b19-10-. The minimum atomic E-state index is -0.270. The zero-order valence-electron chi connectivity index (χ0n) is 12.4. The van der Waals surface area contributed by atoms with E-state index in [1.807, 2.05) is 17.5 Å². The van der Waals surface area contributed by atoms with Crippen molar-refractivity contribution in [1.82, 2.24) is 10.4 Å². The van der Waals surface area contributed by atoms with Gasteiger partial charge < -0.3 is 5.32 Å². The second kappa shape index (κ2) is 8.40. The van der Waals surface area contributed by atoms with Crippen molar-refractivity contribution in [3.05, 3.63) is 45.7 Å². The van der Waals surface area contributed by atoms with Crippen LogP contribution in [-0.4, -0.2) is 22.5 Å². The molecule has 0 aromatic carbocycles. The zero-order valence-corrected chi connectivity index (χ0v) is 13.9. The number of carbonyl (C=O) groups excluding carboxylic acids is 2. The first kappa shape index (κ1) is 17.1. The van der Waals surface area contributed by atoms with E-state index < -0.39 is 0 Å². The Bertz CT molecular complexity index is 699. The largest absolute Gasteiger partial charge is 0.310 e. The Morgan fingerprint density at radius 1 is 1.30 bits per heavy atom. The van der Waals surface area contributed by atoms with Gasteiger partial charge in [0.15, 0.2) is 0 Å². The van der Waals surface area contributed by atoms with Crippen LogP contribution >= 0.6 is 22.9 Å². The third-order valence-corrected chi connectivity index (χ3v) is 3.80. The summed E-state index contributed by atoms with van der Waals surface area (Å²) in [4.78, 5) is 28.5. The summed E-state index contributed by atoms with van der Waals surface area (Å²) in [5.41, 5.74) is 2.94. The zero-order chi connectivity index (χ0) is 16.7. The molecular formula is C15H15ClN4O2S. The van der Waals surface area contributed by atoms with Crippen LogP contribution in [-0.2, 0) is 16.0 Å². The van der Waals surface area contributed by atoms with E-state index in [2.05, 4.69) is 20.8 Å². The molecule has 8 heteroatoms. The first-order valence-corrected chi connectivity index (χ1v) is 8.04. The highest BCUT2D eigenvalue weighted by Gasteiger charge is 2.07. The van der Waals surface area contributed by atoms with Gasteiger partial charge >= 0.3 is 0 Å². The van der Waals surface area contributed by atoms with Gasteiger partial charge in [0.05, 0.1) is 17.9 Å². The second-order valence-corrected chi connectivity index (χ2v) is 6.19. The van der Waals surface area contributed by atoms with Crippen LogP contribution in [0.25, 0.3) is 0 Å². The Balaban J connectivity index is 1.78. The lowest BCUT2D eigenvalue weighted by Gasteiger charge is -2.04. The van der Waals surface area contributed by atoms with Crippen molar-refractivity contribution in [1.29, 1.82) is 0 Å². The average Bonchev–Trinajstić information content (AvgIpc) is 3.00.